The fourth-order valence-corrected chi connectivity index (χ4v) is 7.10. The van der Waals surface area contributed by atoms with Gasteiger partial charge in [-0.3, -0.25) is 14.4 Å². The quantitative estimate of drug-likeness (QED) is 0.315. The Kier molecular flexibility index (Phi) is 7.96. The third-order valence-corrected chi connectivity index (χ3v) is 8.78. The van der Waals surface area contributed by atoms with E-state index in [1.54, 1.807) is 11.0 Å². The van der Waals surface area contributed by atoms with Crippen molar-refractivity contribution in [2.45, 2.75) is 88.0 Å². The topological polar surface area (TPSA) is 107 Å². The van der Waals surface area contributed by atoms with Gasteiger partial charge in [0.2, 0.25) is 11.8 Å². The van der Waals surface area contributed by atoms with Crippen LogP contribution in [-0.4, -0.2) is 85.6 Å². The second kappa shape index (κ2) is 10.0. The maximum Gasteiger partial charge on any atom is 0.310 e. The molecule has 3 heterocycles. The molecule has 2 bridgehead atoms. The molecule has 9 heteroatoms. The van der Waals surface area contributed by atoms with Crippen LogP contribution in [0.15, 0.2) is 12.7 Å². The summed E-state index contributed by atoms with van der Waals surface area (Å²) in [5, 5.41) is 20.3. The molecule has 186 valence electrons. The number of carboxylic acids is 1. The van der Waals surface area contributed by atoms with Crippen LogP contribution in [0.3, 0.4) is 0 Å². The minimum absolute atomic E-state index is 0.0781. The van der Waals surface area contributed by atoms with E-state index in [0.29, 0.717) is 19.4 Å². The molecule has 0 radical (unpaired) electrons. The van der Waals surface area contributed by atoms with Gasteiger partial charge in [0, 0.05) is 17.4 Å². The molecule has 0 saturated carbocycles. The lowest BCUT2D eigenvalue weighted by Crippen LogP contribution is -2.61. The van der Waals surface area contributed by atoms with Gasteiger partial charge in [-0.15, -0.1) is 6.58 Å². The number of fused-ring (bicyclic) bond motifs is 1. The number of alkyl halides is 1. The number of amides is 2. The second-order valence-electron chi connectivity index (χ2n) is 9.80. The van der Waals surface area contributed by atoms with Crippen LogP contribution in [0.4, 0.5) is 0 Å². The molecule has 2 N–H and O–H groups in total. The smallest absolute Gasteiger partial charge is 0.310 e. The molecule has 3 aliphatic rings. The SMILES string of the molecule is C=CCN(C(=O)C1N([C@@H](CO)[C@@H](C)CC)C(=O)[C@@H]2[C@H](C(=O)O)[C@H]3OC12CC3Br)C(C)CCC. The Balaban J connectivity index is 2.15. The molecule has 33 heavy (non-hydrogen) atoms. The predicted octanol–water partition coefficient (Wildman–Crippen LogP) is 2.43. The first-order valence-corrected chi connectivity index (χ1v) is 12.9. The molecular weight excluding hydrogens is 492 g/mol. The third kappa shape index (κ3) is 4.04. The van der Waals surface area contributed by atoms with Gasteiger partial charge in [0.15, 0.2) is 0 Å². The van der Waals surface area contributed by atoms with Crippen LogP contribution in [0.25, 0.3) is 0 Å². The van der Waals surface area contributed by atoms with E-state index in [4.69, 9.17) is 4.74 Å². The Hall–Kier alpha value is -1.45. The lowest BCUT2D eigenvalue weighted by molar-refractivity contribution is -0.155. The maximum atomic E-state index is 14.2. The van der Waals surface area contributed by atoms with Crippen molar-refractivity contribution in [2.75, 3.05) is 13.2 Å². The zero-order valence-electron chi connectivity index (χ0n) is 19.9. The van der Waals surface area contributed by atoms with Crippen LogP contribution in [0.1, 0.15) is 53.4 Å². The molecular formula is C24H37BrN2O6. The van der Waals surface area contributed by atoms with E-state index in [9.17, 15) is 24.6 Å². The molecule has 0 aromatic heterocycles. The van der Waals surface area contributed by atoms with Gasteiger partial charge in [-0.1, -0.05) is 55.6 Å². The average molecular weight is 529 g/mol. The minimum atomic E-state index is -1.23. The predicted molar refractivity (Wildman–Crippen MR) is 127 cm³/mol. The van der Waals surface area contributed by atoms with Crippen LogP contribution in [0.2, 0.25) is 0 Å². The Labute approximate surface area is 204 Å². The van der Waals surface area contributed by atoms with Crippen molar-refractivity contribution in [3.05, 3.63) is 12.7 Å². The van der Waals surface area contributed by atoms with E-state index >= 15 is 0 Å². The van der Waals surface area contributed by atoms with Crippen molar-refractivity contribution >= 4 is 33.7 Å². The van der Waals surface area contributed by atoms with Crippen LogP contribution >= 0.6 is 15.9 Å². The summed E-state index contributed by atoms with van der Waals surface area (Å²) in [5.41, 5.74) is -1.23. The van der Waals surface area contributed by atoms with Crippen LogP contribution < -0.4 is 0 Å². The molecule has 4 unspecified atom stereocenters. The van der Waals surface area contributed by atoms with Gasteiger partial charge in [-0.2, -0.15) is 0 Å². The number of carbonyl (C=O) groups is 3. The van der Waals surface area contributed by atoms with Gasteiger partial charge in [0.05, 0.1) is 30.6 Å². The monoisotopic (exact) mass is 528 g/mol. The van der Waals surface area contributed by atoms with E-state index < -0.39 is 47.5 Å². The number of halogens is 1. The van der Waals surface area contributed by atoms with Gasteiger partial charge < -0.3 is 24.7 Å². The number of carboxylic acid groups (broad SMARTS) is 1. The van der Waals surface area contributed by atoms with Gasteiger partial charge in [0.1, 0.15) is 11.6 Å². The number of aliphatic carboxylic acids is 1. The lowest BCUT2D eigenvalue weighted by atomic mass is 9.70. The summed E-state index contributed by atoms with van der Waals surface area (Å²) < 4.78 is 6.34. The van der Waals surface area contributed by atoms with Crippen LogP contribution in [0, 0.1) is 17.8 Å². The molecule has 0 aromatic rings. The second-order valence-corrected chi connectivity index (χ2v) is 11.0. The summed E-state index contributed by atoms with van der Waals surface area (Å²) in [6.07, 6.45) is 3.73. The van der Waals surface area contributed by atoms with E-state index in [2.05, 4.69) is 22.5 Å². The van der Waals surface area contributed by atoms with Crippen molar-refractivity contribution in [1.29, 1.82) is 0 Å². The van der Waals surface area contributed by atoms with Crippen molar-refractivity contribution in [1.82, 2.24) is 9.80 Å². The molecule has 3 fully saturated rings. The van der Waals surface area contributed by atoms with E-state index in [1.807, 2.05) is 27.7 Å². The summed E-state index contributed by atoms with van der Waals surface area (Å²) in [7, 11) is 0. The summed E-state index contributed by atoms with van der Waals surface area (Å²) in [5.74, 6) is -3.82. The van der Waals surface area contributed by atoms with Gasteiger partial charge in [0.25, 0.3) is 0 Å². The molecule has 1 spiro atoms. The fraction of sp³-hybridized carbons (Fsp3) is 0.792. The number of likely N-dealkylation sites (tertiary alicyclic amines) is 1. The number of aliphatic hydroxyl groups is 1. The first-order chi connectivity index (χ1) is 15.6. The summed E-state index contributed by atoms with van der Waals surface area (Å²) in [6.45, 7) is 11.7. The van der Waals surface area contributed by atoms with E-state index in [-0.39, 0.29) is 29.3 Å². The normalized spacial score (nSPS) is 35.3. The highest BCUT2D eigenvalue weighted by atomic mass is 79.9. The van der Waals surface area contributed by atoms with Crippen molar-refractivity contribution < 1.29 is 29.3 Å². The number of nitrogens with zero attached hydrogens (tertiary/aromatic N) is 2. The lowest BCUT2D eigenvalue weighted by Gasteiger charge is -2.42. The van der Waals surface area contributed by atoms with Crippen molar-refractivity contribution in [3.8, 4) is 0 Å². The van der Waals surface area contributed by atoms with E-state index in [0.717, 1.165) is 12.8 Å². The van der Waals surface area contributed by atoms with Crippen molar-refractivity contribution in [3.63, 3.8) is 0 Å². The number of hydrogen-bond donors (Lipinski definition) is 2. The number of ether oxygens (including phenoxy) is 1. The van der Waals surface area contributed by atoms with Gasteiger partial charge in [-0.05, 0) is 25.7 Å². The minimum Gasteiger partial charge on any atom is -0.481 e. The Morgan fingerprint density at radius 1 is 1.39 bits per heavy atom. The zero-order chi connectivity index (χ0) is 24.7. The Morgan fingerprint density at radius 3 is 2.58 bits per heavy atom. The molecule has 8 nitrogen and oxygen atoms in total. The molecule has 3 saturated heterocycles. The first-order valence-electron chi connectivity index (χ1n) is 12.0. The number of aliphatic hydroxyl groups excluding tert-OH is 1. The maximum absolute atomic E-state index is 14.2. The summed E-state index contributed by atoms with van der Waals surface area (Å²) >= 11 is 3.56. The fourth-order valence-electron chi connectivity index (χ4n) is 6.16. The average Bonchev–Trinajstić information content (AvgIpc) is 3.36. The Bertz CT molecular complexity index is 793. The molecule has 0 aliphatic carbocycles. The van der Waals surface area contributed by atoms with E-state index in [1.165, 1.54) is 4.90 Å². The third-order valence-electron chi connectivity index (χ3n) is 7.94. The highest BCUT2D eigenvalue weighted by Gasteiger charge is 2.77. The Morgan fingerprint density at radius 2 is 2.06 bits per heavy atom. The highest BCUT2D eigenvalue weighted by molar-refractivity contribution is 9.09. The highest BCUT2D eigenvalue weighted by Crippen LogP contribution is 2.60. The standard InChI is InChI=1S/C24H37BrN2O6/c1-6-9-14(5)26(10-7-2)22(30)20-24-11-15(25)19(33-24)17(23(31)32)18(24)21(29)27(20)16(12-28)13(4)8-3/h7,13-20,28H,2,6,8-12H2,1,3-5H3,(H,31,32)/t13-,14?,15?,16-,17-,18-,19-,20?,24?/m0/s1. The van der Waals surface area contributed by atoms with Crippen LogP contribution in [-0.2, 0) is 19.1 Å². The molecule has 3 rings (SSSR count). The molecule has 0 aromatic carbocycles. The van der Waals surface area contributed by atoms with Gasteiger partial charge in [-0.25, -0.2) is 0 Å². The van der Waals surface area contributed by atoms with Crippen molar-refractivity contribution in [2.24, 2.45) is 17.8 Å². The molecule has 9 atom stereocenters. The molecule has 2 amide bonds. The number of hydrogen-bond acceptors (Lipinski definition) is 5. The van der Waals surface area contributed by atoms with Crippen LogP contribution in [0.5, 0.6) is 0 Å². The summed E-state index contributed by atoms with van der Waals surface area (Å²) in [6, 6.07) is -1.68. The first kappa shape index (κ1) is 26.2. The van der Waals surface area contributed by atoms with Gasteiger partial charge >= 0.3 is 5.97 Å². The number of rotatable bonds is 11. The number of carbonyl (C=O) groups excluding carboxylic acids is 2. The molecule has 3 aliphatic heterocycles. The summed E-state index contributed by atoms with van der Waals surface area (Å²) in [4.78, 5) is 43.2. The largest absolute Gasteiger partial charge is 0.481 e. The zero-order valence-corrected chi connectivity index (χ0v) is 21.5.